The van der Waals surface area contributed by atoms with Gasteiger partial charge in [-0.1, -0.05) is 23.4 Å². The Labute approximate surface area is 133 Å². The third kappa shape index (κ3) is 2.59. The van der Waals surface area contributed by atoms with E-state index < -0.39 is 0 Å². The van der Waals surface area contributed by atoms with Crippen molar-refractivity contribution in [1.82, 2.24) is 10.2 Å². The third-order valence-corrected chi connectivity index (χ3v) is 4.26. The average Bonchev–Trinajstić information content (AvgIpc) is 3.27. The van der Waals surface area contributed by atoms with Crippen LogP contribution < -0.4 is 16.0 Å². The number of quaternary nitrogens is 1. The molecule has 1 aliphatic heterocycles. The fraction of sp³-hybridized carbons (Fsp3) is 0.250. The number of aromatic nitrogens is 2. The van der Waals surface area contributed by atoms with Crippen LogP contribution in [0.4, 0.5) is 11.4 Å². The van der Waals surface area contributed by atoms with Crippen LogP contribution in [0.15, 0.2) is 30.6 Å². The molecule has 5 nitrogen and oxygen atoms in total. The van der Waals surface area contributed by atoms with E-state index in [-0.39, 0.29) is 0 Å². The van der Waals surface area contributed by atoms with Crippen LogP contribution in [-0.4, -0.2) is 16.7 Å². The quantitative estimate of drug-likeness (QED) is 0.653. The molecule has 2 aliphatic rings. The zero-order valence-corrected chi connectivity index (χ0v) is 12.6. The normalized spacial score (nSPS) is 15.8. The maximum atomic E-state index is 6.50. The number of hydrogen-bond donors (Lipinski definition) is 2. The van der Waals surface area contributed by atoms with E-state index in [1.807, 2.05) is 17.7 Å². The van der Waals surface area contributed by atoms with E-state index in [0.717, 1.165) is 35.0 Å². The van der Waals surface area contributed by atoms with Crippen LogP contribution in [0, 0.1) is 17.8 Å². The van der Waals surface area contributed by atoms with Gasteiger partial charge in [0, 0.05) is 11.1 Å². The molecule has 0 spiro atoms. The summed E-state index contributed by atoms with van der Waals surface area (Å²) < 4.78 is 0. The number of nitrogens with one attached hydrogen (secondary N) is 1. The van der Waals surface area contributed by atoms with Gasteiger partial charge in [-0.3, -0.25) is 0 Å². The van der Waals surface area contributed by atoms with Crippen molar-refractivity contribution in [1.29, 1.82) is 0 Å². The number of rotatable bonds is 2. The van der Waals surface area contributed by atoms with Crippen LogP contribution in [0.1, 0.15) is 24.0 Å². The van der Waals surface area contributed by atoms with Gasteiger partial charge in [0.15, 0.2) is 0 Å². The first-order valence-electron chi connectivity index (χ1n) is 7.29. The predicted molar refractivity (Wildman–Crippen MR) is 85.1 cm³/mol. The molecular formula is C16H15ClN5+. The summed E-state index contributed by atoms with van der Waals surface area (Å²) in [5, 5.41) is 10.5. The Bertz CT molecular complexity index is 761. The Morgan fingerprint density at radius 2 is 2.18 bits per heavy atom. The zero-order valence-electron chi connectivity index (χ0n) is 11.9. The topological polar surface area (TPSA) is 57.7 Å². The van der Waals surface area contributed by atoms with E-state index in [0.29, 0.717) is 5.02 Å². The van der Waals surface area contributed by atoms with Gasteiger partial charge in [0.05, 0.1) is 24.0 Å². The largest absolute Gasteiger partial charge is 0.212 e. The standard InChI is InChI=1S/C16H14ClN5/c17-15-13(4-3-11-7-8-18-19-9-11)5-6-14-16(15)20-21-22(14)10-12-1-2-12/h5-9,12,20-21H,1-2,10H2/p+1. The minimum atomic E-state index is 0.668. The first-order chi connectivity index (χ1) is 10.8. The molecule has 1 aromatic carbocycles. The zero-order chi connectivity index (χ0) is 14.9. The molecule has 2 aromatic rings. The summed E-state index contributed by atoms with van der Waals surface area (Å²) in [5.74, 6) is 6.98. The summed E-state index contributed by atoms with van der Waals surface area (Å²) in [7, 11) is 0. The minimum absolute atomic E-state index is 0.668. The molecule has 1 fully saturated rings. The van der Waals surface area contributed by atoms with Gasteiger partial charge in [0.1, 0.15) is 11.4 Å². The molecular weight excluding hydrogens is 298 g/mol. The van der Waals surface area contributed by atoms with Crippen molar-refractivity contribution in [3.63, 3.8) is 0 Å². The van der Waals surface area contributed by atoms with Crippen molar-refractivity contribution in [2.24, 2.45) is 5.92 Å². The lowest BCUT2D eigenvalue weighted by Crippen LogP contribution is -2.95. The number of anilines is 2. The number of nitrogens with zero attached hydrogens (tertiary/aromatic N) is 3. The van der Waals surface area contributed by atoms with Crippen molar-refractivity contribution < 1.29 is 5.53 Å². The molecule has 110 valence electrons. The van der Waals surface area contributed by atoms with Gasteiger partial charge in [-0.2, -0.15) is 10.2 Å². The van der Waals surface area contributed by atoms with Crippen molar-refractivity contribution in [2.45, 2.75) is 12.8 Å². The second kappa shape index (κ2) is 5.48. The molecule has 1 saturated carbocycles. The van der Waals surface area contributed by atoms with Gasteiger partial charge in [-0.05, 0) is 37.0 Å². The molecule has 3 N–H and O–H groups in total. The van der Waals surface area contributed by atoms with Gasteiger partial charge in [0.25, 0.3) is 0 Å². The lowest BCUT2D eigenvalue weighted by atomic mass is 10.1. The second-order valence-corrected chi connectivity index (χ2v) is 5.95. The number of nitrogen functional groups attached to an aromatic ring is 1. The molecule has 6 heteroatoms. The molecule has 0 saturated heterocycles. The summed E-state index contributed by atoms with van der Waals surface area (Å²) in [6, 6.07) is 5.88. The number of hydrogen-bond acceptors (Lipinski definition) is 4. The summed E-state index contributed by atoms with van der Waals surface area (Å²) in [6.07, 6.45) is 5.92. The molecule has 0 bridgehead atoms. The Morgan fingerprint density at radius 1 is 1.27 bits per heavy atom. The average molecular weight is 313 g/mol. The highest BCUT2D eigenvalue weighted by Crippen LogP contribution is 2.38. The van der Waals surface area contributed by atoms with Crippen LogP contribution in [0.25, 0.3) is 0 Å². The summed E-state index contributed by atoms with van der Waals surface area (Å²) in [5.41, 5.74) is 8.98. The Balaban J connectivity index is 1.62. The molecule has 4 rings (SSSR count). The van der Waals surface area contributed by atoms with Gasteiger partial charge >= 0.3 is 0 Å². The summed E-state index contributed by atoms with van der Waals surface area (Å²) in [4.78, 5) is 0. The fourth-order valence-corrected chi connectivity index (χ4v) is 2.75. The van der Waals surface area contributed by atoms with E-state index >= 15 is 0 Å². The maximum Gasteiger partial charge on any atom is 0.136 e. The van der Waals surface area contributed by atoms with E-state index in [1.54, 1.807) is 12.4 Å². The van der Waals surface area contributed by atoms with E-state index in [4.69, 9.17) is 11.6 Å². The minimum Gasteiger partial charge on any atom is -0.212 e. The second-order valence-electron chi connectivity index (χ2n) is 5.57. The molecule has 1 aliphatic carbocycles. The van der Waals surface area contributed by atoms with E-state index in [2.05, 4.69) is 38.5 Å². The van der Waals surface area contributed by atoms with Crippen LogP contribution in [-0.2, 0) is 0 Å². The summed E-state index contributed by atoms with van der Waals surface area (Å²) in [6.45, 7) is 1.06. The molecule has 0 unspecified atom stereocenters. The molecule has 22 heavy (non-hydrogen) atoms. The predicted octanol–water partition coefficient (Wildman–Crippen LogP) is 1.57. The SMILES string of the molecule is Clc1c(C#Cc2ccnnc2)ccc2c1N[NH2+]N2CC1CC1. The molecule has 0 radical (unpaired) electrons. The van der Waals surface area contributed by atoms with E-state index in [1.165, 1.54) is 12.8 Å². The van der Waals surface area contributed by atoms with Crippen molar-refractivity contribution in [3.8, 4) is 11.8 Å². The number of benzene rings is 1. The smallest absolute Gasteiger partial charge is 0.136 e. The monoisotopic (exact) mass is 312 g/mol. The lowest BCUT2D eigenvalue weighted by molar-refractivity contribution is -0.631. The Morgan fingerprint density at radius 3 is 2.95 bits per heavy atom. The van der Waals surface area contributed by atoms with Crippen molar-refractivity contribution in [3.05, 3.63) is 46.7 Å². The number of nitrogens with two attached hydrogens (primary N) is 1. The van der Waals surface area contributed by atoms with Crippen LogP contribution >= 0.6 is 11.6 Å². The van der Waals surface area contributed by atoms with Crippen LogP contribution in [0.3, 0.4) is 0 Å². The van der Waals surface area contributed by atoms with Gasteiger partial charge in [-0.15, -0.1) is 5.53 Å². The Kier molecular flexibility index (Phi) is 3.34. The van der Waals surface area contributed by atoms with Crippen molar-refractivity contribution in [2.75, 3.05) is 17.0 Å². The fourth-order valence-electron chi connectivity index (χ4n) is 2.48. The first-order valence-corrected chi connectivity index (χ1v) is 7.67. The maximum absolute atomic E-state index is 6.50. The number of fused-ring (bicyclic) bond motifs is 1. The third-order valence-electron chi connectivity index (χ3n) is 3.87. The highest BCUT2D eigenvalue weighted by molar-refractivity contribution is 6.35. The van der Waals surface area contributed by atoms with Gasteiger partial charge in [0.2, 0.25) is 0 Å². The lowest BCUT2D eigenvalue weighted by Gasteiger charge is -2.12. The molecule has 0 amide bonds. The van der Waals surface area contributed by atoms with E-state index in [9.17, 15) is 0 Å². The molecule has 1 aromatic heterocycles. The van der Waals surface area contributed by atoms with Crippen LogP contribution in [0.2, 0.25) is 5.02 Å². The highest BCUT2D eigenvalue weighted by Gasteiger charge is 2.32. The first kappa shape index (κ1) is 13.4. The van der Waals surface area contributed by atoms with Gasteiger partial charge in [-0.25, -0.2) is 10.4 Å². The summed E-state index contributed by atoms with van der Waals surface area (Å²) >= 11 is 6.50. The van der Waals surface area contributed by atoms with Gasteiger partial charge < -0.3 is 0 Å². The highest BCUT2D eigenvalue weighted by atomic mass is 35.5. The molecule has 2 heterocycles. The van der Waals surface area contributed by atoms with Crippen LogP contribution in [0.5, 0.6) is 0 Å². The number of halogens is 1. The van der Waals surface area contributed by atoms with Crippen molar-refractivity contribution >= 4 is 23.0 Å². The Hall–Kier alpha value is -2.29. The molecule has 0 atom stereocenters.